The van der Waals surface area contributed by atoms with Crippen LogP contribution in [-0.2, 0) is 0 Å². The van der Waals surface area contributed by atoms with Gasteiger partial charge in [0.1, 0.15) is 11.5 Å². The quantitative estimate of drug-likeness (QED) is 0.801. The molecule has 3 aromatic rings. The first-order valence-electron chi connectivity index (χ1n) is 7.09. The minimum Gasteiger partial charge on any atom is -0.497 e. The second-order valence-corrected chi connectivity index (χ2v) is 4.93. The van der Waals surface area contributed by atoms with Gasteiger partial charge in [0.15, 0.2) is 0 Å². The summed E-state index contributed by atoms with van der Waals surface area (Å²) in [6.07, 6.45) is 1.71. The number of aromatic nitrogens is 1. The number of carbonyl (C=O) groups is 1. The Bertz CT molecular complexity index is 834. The fraction of sp³-hybridized carbons (Fsp3) is 0.111. The lowest BCUT2D eigenvalue weighted by Crippen LogP contribution is -2.12. The minimum atomic E-state index is -0.209. The zero-order valence-electron chi connectivity index (χ0n) is 12.9. The van der Waals surface area contributed by atoms with E-state index in [0.717, 1.165) is 10.9 Å². The summed E-state index contributed by atoms with van der Waals surface area (Å²) in [5.74, 6) is 1.01. The normalized spacial score (nSPS) is 10.3. The summed E-state index contributed by atoms with van der Waals surface area (Å²) in [5, 5.41) is 3.68. The summed E-state index contributed by atoms with van der Waals surface area (Å²) < 4.78 is 10.4. The maximum absolute atomic E-state index is 12.6. The number of amides is 1. The first kappa shape index (κ1) is 14.8. The van der Waals surface area contributed by atoms with E-state index in [2.05, 4.69) is 10.3 Å². The summed E-state index contributed by atoms with van der Waals surface area (Å²) in [5.41, 5.74) is 1.95. The van der Waals surface area contributed by atoms with E-state index >= 15 is 0 Å². The SMILES string of the molecule is COc1cc(NC(=O)c2cccc3ncccc23)cc(OC)c1. The average molecular weight is 308 g/mol. The number of pyridine rings is 1. The Labute approximate surface area is 133 Å². The molecule has 1 aromatic heterocycles. The molecule has 2 aromatic carbocycles. The number of nitrogens with zero attached hydrogens (tertiary/aromatic N) is 1. The Hall–Kier alpha value is -3.08. The Balaban J connectivity index is 1.95. The maximum atomic E-state index is 12.6. The van der Waals surface area contributed by atoms with Crippen LogP contribution in [0.15, 0.2) is 54.7 Å². The van der Waals surface area contributed by atoms with E-state index in [1.807, 2.05) is 24.3 Å². The molecule has 0 aliphatic rings. The molecule has 0 saturated carbocycles. The van der Waals surface area contributed by atoms with Crippen molar-refractivity contribution in [1.29, 1.82) is 0 Å². The highest BCUT2D eigenvalue weighted by Gasteiger charge is 2.11. The van der Waals surface area contributed by atoms with E-state index in [1.54, 1.807) is 44.7 Å². The summed E-state index contributed by atoms with van der Waals surface area (Å²) in [7, 11) is 3.13. The molecular formula is C18H16N2O3. The number of carbonyl (C=O) groups excluding carboxylic acids is 1. The predicted molar refractivity (Wildman–Crippen MR) is 89.2 cm³/mol. The fourth-order valence-electron chi connectivity index (χ4n) is 2.38. The zero-order chi connectivity index (χ0) is 16.2. The van der Waals surface area contributed by atoms with Gasteiger partial charge in [-0.1, -0.05) is 12.1 Å². The minimum absolute atomic E-state index is 0.209. The molecule has 0 spiro atoms. The molecule has 0 atom stereocenters. The summed E-state index contributed by atoms with van der Waals surface area (Å²) >= 11 is 0. The summed E-state index contributed by atoms with van der Waals surface area (Å²) in [4.78, 5) is 16.9. The van der Waals surface area contributed by atoms with Crippen molar-refractivity contribution in [2.75, 3.05) is 19.5 Å². The molecule has 0 radical (unpaired) electrons. The number of rotatable bonds is 4. The van der Waals surface area contributed by atoms with Crippen LogP contribution in [0.1, 0.15) is 10.4 Å². The van der Waals surface area contributed by atoms with Gasteiger partial charge in [0.05, 0.1) is 19.7 Å². The first-order chi connectivity index (χ1) is 11.2. The molecule has 5 nitrogen and oxygen atoms in total. The van der Waals surface area contributed by atoms with Crippen LogP contribution in [-0.4, -0.2) is 25.1 Å². The van der Waals surface area contributed by atoms with Gasteiger partial charge in [-0.25, -0.2) is 0 Å². The molecule has 116 valence electrons. The molecular weight excluding hydrogens is 292 g/mol. The van der Waals surface area contributed by atoms with Crippen LogP contribution >= 0.6 is 0 Å². The highest BCUT2D eigenvalue weighted by molar-refractivity contribution is 6.12. The fourth-order valence-corrected chi connectivity index (χ4v) is 2.38. The number of hydrogen-bond donors (Lipinski definition) is 1. The molecule has 0 aliphatic carbocycles. The maximum Gasteiger partial charge on any atom is 0.256 e. The van der Waals surface area contributed by atoms with Crippen molar-refractivity contribution in [3.05, 3.63) is 60.3 Å². The van der Waals surface area contributed by atoms with E-state index in [1.165, 1.54) is 0 Å². The monoisotopic (exact) mass is 308 g/mol. The molecule has 0 unspecified atom stereocenters. The van der Waals surface area contributed by atoms with Gasteiger partial charge in [0, 0.05) is 41.0 Å². The van der Waals surface area contributed by atoms with Crippen molar-refractivity contribution in [2.24, 2.45) is 0 Å². The van der Waals surface area contributed by atoms with Gasteiger partial charge in [-0.2, -0.15) is 0 Å². The van der Waals surface area contributed by atoms with Crippen LogP contribution in [0.4, 0.5) is 5.69 Å². The first-order valence-corrected chi connectivity index (χ1v) is 7.09. The predicted octanol–water partition coefficient (Wildman–Crippen LogP) is 3.50. The van der Waals surface area contributed by atoms with E-state index in [-0.39, 0.29) is 5.91 Å². The molecule has 1 N–H and O–H groups in total. The van der Waals surface area contributed by atoms with E-state index < -0.39 is 0 Å². The highest BCUT2D eigenvalue weighted by atomic mass is 16.5. The van der Waals surface area contributed by atoms with Gasteiger partial charge in [-0.3, -0.25) is 9.78 Å². The molecule has 1 heterocycles. The molecule has 0 fully saturated rings. The van der Waals surface area contributed by atoms with Crippen LogP contribution in [0.25, 0.3) is 10.9 Å². The number of nitrogens with one attached hydrogen (secondary N) is 1. The zero-order valence-corrected chi connectivity index (χ0v) is 12.9. The highest BCUT2D eigenvalue weighted by Crippen LogP contribution is 2.26. The molecule has 5 heteroatoms. The molecule has 0 saturated heterocycles. The second-order valence-electron chi connectivity index (χ2n) is 4.93. The van der Waals surface area contributed by atoms with Crippen LogP contribution < -0.4 is 14.8 Å². The van der Waals surface area contributed by atoms with Crippen molar-refractivity contribution >= 4 is 22.5 Å². The third kappa shape index (κ3) is 3.08. The Morgan fingerprint density at radius 2 is 1.74 bits per heavy atom. The summed E-state index contributed by atoms with van der Waals surface area (Å²) in [6.45, 7) is 0. The van der Waals surface area contributed by atoms with Gasteiger partial charge >= 0.3 is 0 Å². The van der Waals surface area contributed by atoms with Crippen molar-refractivity contribution < 1.29 is 14.3 Å². The third-order valence-electron chi connectivity index (χ3n) is 3.50. The molecule has 1 amide bonds. The molecule has 0 aliphatic heterocycles. The molecule has 23 heavy (non-hydrogen) atoms. The largest absolute Gasteiger partial charge is 0.497 e. The number of ether oxygens (including phenoxy) is 2. The number of hydrogen-bond acceptors (Lipinski definition) is 4. The van der Waals surface area contributed by atoms with Gasteiger partial charge in [0.2, 0.25) is 0 Å². The Morgan fingerprint density at radius 1 is 1.00 bits per heavy atom. The van der Waals surface area contributed by atoms with Gasteiger partial charge in [0.25, 0.3) is 5.91 Å². The third-order valence-corrected chi connectivity index (χ3v) is 3.50. The van der Waals surface area contributed by atoms with Gasteiger partial charge in [-0.15, -0.1) is 0 Å². The number of methoxy groups -OCH3 is 2. The van der Waals surface area contributed by atoms with Gasteiger partial charge < -0.3 is 14.8 Å². The summed E-state index contributed by atoms with van der Waals surface area (Å²) in [6, 6.07) is 14.4. The Morgan fingerprint density at radius 3 is 2.43 bits per heavy atom. The Kier molecular flexibility index (Phi) is 4.10. The molecule has 0 bridgehead atoms. The van der Waals surface area contributed by atoms with E-state index in [0.29, 0.717) is 22.7 Å². The van der Waals surface area contributed by atoms with Crippen LogP contribution in [0.5, 0.6) is 11.5 Å². The lowest BCUT2D eigenvalue weighted by atomic mass is 10.1. The lowest BCUT2D eigenvalue weighted by Gasteiger charge is -2.11. The van der Waals surface area contributed by atoms with Crippen molar-refractivity contribution in [3.8, 4) is 11.5 Å². The topological polar surface area (TPSA) is 60.5 Å². The van der Waals surface area contributed by atoms with E-state index in [4.69, 9.17) is 9.47 Å². The van der Waals surface area contributed by atoms with Crippen LogP contribution in [0.2, 0.25) is 0 Å². The number of benzene rings is 2. The number of fused-ring (bicyclic) bond motifs is 1. The van der Waals surface area contributed by atoms with Crippen molar-refractivity contribution in [3.63, 3.8) is 0 Å². The van der Waals surface area contributed by atoms with Crippen molar-refractivity contribution in [2.45, 2.75) is 0 Å². The second kappa shape index (κ2) is 6.36. The van der Waals surface area contributed by atoms with Gasteiger partial charge in [-0.05, 0) is 18.2 Å². The molecule has 3 rings (SSSR count). The van der Waals surface area contributed by atoms with E-state index in [9.17, 15) is 4.79 Å². The smallest absolute Gasteiger partial charge is 0.256 e. The van der Waals surface area contributed by atoms with Crippen LogP contribution in [0, 0.1) is 0 Å². The van der Waals surface area contributed by atoms with Crippen molar-refractivity contribution in [1.82, 2.24) is 4.98 Å². The van der Waals surface area contributed by atoms with Crippen LogP contribution in [0.3, 0.4) is 0 Å². The standard InChI is InChI=1S/C18H16N2O3/c1-22-13-9-12(10-14(11-13)23-2)20-18(21)16-5-3-7-17-15(16)6-4-8-19-17/h3-11H,1-2H3,(H,20,21). The average Bonchev–Trinajstić information content (AvgIpc) is 2.60. The number of anilines is 1. The lowest BCUT2D eigenvalue weighted by molar-refractivity contribution is 0.102.